The number of hydrogen-bond donors (Lipinski definition) is 1. The van der Waals surface area contributed by atoms with E-state index in [0.717, 1.165) is 26.7 Å². The average Bonchev–Trinajstić information content (AvgIpc) is 2.93. The lowest BCUT2D eigenvalue weighted by molar-refractivity contribution is 0.0746. The number of rotatable bonds is 5. The van der Waals surface area contributed by atoms with Crippen molar-refractivity contribution in [3.8, 4) is 5.75 Å². The summed E-state index contributed by atoms with van der Waals surface area (Å²) in [4.78, 5) is 30.2. The predicted molar refractivity (Wildman–Crippen MR) is 147 cm³/mol. The minimum atomic E-state index is -0.153. The number of ether oxygens (including phenoxy) is 1. The van der Waals surface area contributed by atoms with Gasteiger partial charge in [0.05, 0.1) is 12.8 Å². The summed E-state index contributed by atoms with van der Waals surface area (Å²) in [5.41, 5.74) is 3.01. The van der Waals surface area contributed by atoms with Crippen LogP contribution in [0.3, 0.4) is 0 Å². The summed E-state index contributed by atoms with van der Waals surface area (Å²) in [6.07, 6.45) is 0. The Morgan fingerprint density at radius 2 is 1.58 bits per heavy atom. The lowest BCUT2D eigenvalue weighted by Gasteiger charge is -2.36. The third kappa shape index (κ3) is 4.93. The molecular weight excluding hydrogens is 518 g/mol. The SMILES string of the molecule is COc1ccc(C(=O)N2CCN(c3ccc(Br)c(NC(=O)c4cccc5ccccc45)c3)CC2)cc1. The minimum Gasteiger partial charge on any atom is -0.497 e. The average molecular weight is 544 g/mol. The highest BCUT2D eigenvalue weighted by Gasteiger charge is 2.23. The van der Waals surface area contributed by atoms with E-state index in [4.69, 9.17) is 4.74 Å². The van der Waals surface area contributed by atoms with Crippen molar-refractivity contribution in [3.05, 3.63) is 101 Å². The van der Waals surface area contributed by atoms with E-state index in [1.807, 2.05) is 65.6 Å². The van der Waals surface area contributed by atoms with Crippen molar-refractivity contribution < 1.29 is 14.3 Å². The molecule has 0 aliphatic carbocycles. The number of benzene rings is 4. The molecular formula is C29H26BrN3O3. The monoisotopic (exact) mass is 543 g/mol. The van der Waals surface area contributed by atoms with Crippen LogP contribution in [0.15, 0.2) is 89.4 Å². The largest absolute Gasteiger partial charge is 0.497 e. The number of carbonyl (C=O) groups is 2. The molecule has 0 aromatic heterocycles. The second-order valence-corrected chi connectivity index (χ2v) is 9.51. The summed E-state index contributed by atoms with van der Waals surface area (Å²) >= 11 is 3.57. The Balaban J connectivity index is 1.27. The Morgan fingerprint density at radius 3 is 2.33 bits per heavy atom. The van der Waals surface area contributed by atoms with E-state index in [0.29, 0.717) is 43.0 Å². The highest BCUT2D eigenvalue weighted by Crippen LogP contribution is 2.30. The molecule has 182 valence electrons. The number of methoxy groups -OCH3 is 1. The summed E-state index contributed by atoms with van der Waals surface area (Å²) in [7, 11) is 1.61. The number of carbonyl (C=O) groups excluding carboxylic acids is 2. The summed E-state index contributed by atoms with van der Waals surface area (Å²) in [5, 5.41) is 5.02. The van der Waals surface area contributed by atoms with Crippen molar-refractivity contribution in [1.82, 2.24) is 4.90 Å². The molecule has 0 unspecified atom stereocenters. The van der Waals surface area contributed by atoms with Crippen LogP contribution in [0.4, 0.5) is 11.4 Å². The second kappa shape index (κ2) is 10.4. The summed E-state index contributed by atoms with van der Waals surface area (Å²) in [6, 6.07) is 26.8. The lowest BCUT2D eigenvalue weighted by Crippen LogP contribution is -2.48. The van der Waals surface area contributed by atoms with Crippen molar-refractivity contribution in [3.63, 3.8) is 0 Å². The van der Waals surface area contributed by atoms with Gasteiger partial charge in [0, 0.05) is 47.5 Å². The molecule has 6 nitrogen and oxygen atoms in total. The molecule has 4 aromatic rings. The molecule has 36 heavy (non-hydrogen) atoms. The smallest absolute Gasteiger partial charge is 0.256 e. The minimum absolute atomic E-state index is 0.0242. The van der Waals surface area contributed by atoms with Crippen molar-refractivity contribution in [1.29, 1.82) is 0 Å². The van der Waals surface area contributed by atoms with E-state index >= 15 is 0 Å². The Hall–Kier alpha value is -3.84. The molecule has 0 bridgehead atoms. The van der Waals surface area contributed by atoms with Crippen molar-refractivity contribution in [2.75, 3.05) is 43.5 Å². The molecule has 4 aromatic carbocycles. The fourth-order valence-corrected chi connectivity index (χ4v) is 4.85. The van der Waals surface area contributed by atoms with Gasteiger partial charge in [-0.2, -0.15) is 0 Å². The van der Waals surface area contributed by atoms with Gasteiger partial charge in [-0.3, -0.25) is 9.59 Å². The topological polar surface area (TPSA) is 61.9 Å². The maximum Gasteiger partial charge on any atom is 0.256 e. The number of amides is 2. The van der Waals surface area contributed by atoms with Crippen LogP contribution >= 0.6 is 15.9 Å². The number of piperazine rings is 1. The standard InChI is InChI=1S/C29H26BrN3O3/c1-36-23-12-9-21(10-13-23)29(35)33-17-15-32(16-18-33)22-11-14-26(30)27(19-22)31-28(34)25-8-4-6-20-5-2-3-7-24(20)25/h2-14,19H,15-18H2,1H3,(H,31,34). The molecule has 0 spiro atoms. The Kier molecular flexibility index (Phi) is 6.91. The zero-order valence-electron chi connectivity index (χ0n) is 19.9. The molecule has 7 heteroatoms. The van der Waals surface area contributed by atoms with Crippen molar-refractivity contribution in [2.45, 2.75) is 0 Å². The van der Waals surface area contributed by atoms with E-state index in [1.54, 1.807) is 31.4 Å². The number of halogens is 1. The van der Waals surface area contributed by atoms with E-state index in [9.17, 15) is 9.59 Å². The number of nitrogens with one attached hydrogen (secondary N) is 1. The first-order valence-electron chi connectivity index (χ1n) is 11.8. The van der Waals surface area contributed by atoms with Gasteiger partial charge in [-0.25, -0.2) is 0 Å². The molecule has 1 aliphatic rings. The maximum absolute atomic E-state index is 13.2. The second-order valence-electron chi connectivity index (χ2n) is 8.65. The molecule has 0 saturated carbocycles. The summed E-state index contributed by atoms with van der Waals surface area (Å²) in [5.74, 6) is 0.602. The Morgan fingerprint density at radius 1 is 0.861 bits per heavy atom. The van der Waals surface area contributed by atoms with Crippen LogP contribution in [-0.2, 0) is 0 Å². The number of fused-ring (bicyclic) bond motifs is 1. The first-order chi connectivity index (χ1) is 17.5. The van der Waals surface area contributed by atoms with Crippen LogP contribution in [0.5, 0.6) is 5.75 Å². The van der Waals surface area contributed by atoms with Gasteiger partial charge in [0.15, 0.2) is 0 Å². The predicted octanol–water partition coefficient (Wildman–Crippen LogP) is 5.83. The molecule has 1 saturated heterocycles. The first kappa shape index (κ1) is 23.9. The molecule has 1 heterocycles. The van der Waals surface area contributed by atoms with Gasteiger partial charge in [-0.1, -0.05) is 36.4 Å². The number of nitrogens with zero attached hydrogens (tertiary/aromatic N) is 2. The fourth-order valence-electron chi connectivity index (χ4n) is 4.50. The molecule has 1 fully saturated rings. The van der Waals surface area contributed by atoms with Crippen molar-refractivity contribution >= 4 is 49.9 Å². The lowest BCUT2D eigenvalue weighted by atomic mass is 10.0. The van der Waals surface area contributed by atoms with Crippen LogP contribution in [0.25, 0.3) is 10.8 Å². The first-order valence-corrected chi connectivity index (χ1v) is 12.6. The van der Waals surface area contributed by atoms with Crippen molar-refractivity contribution in [2.24, 2.45) is 0 Å². The van der Waals surface area contributed by atoms with E-state index in [-0.39, 0.29) is 11.8 Å². The van der Waals surface area contributed by atoms with Gasteiger partial charge in [-0.15, -0.1) is 0 Å². The number of anilines is 2. The van der Waals surface area contributed by atoms with Gasteiger partial charge in [0.1, 0.15) is 5.75 Å². The third-order valence-electron chi connectivity index (χ3n) is 6.50. The normalized spacial score (nSPS) is 13.5. The van der Waals surface area contributed by atoms with E-state index in [2.05, 4.69) is 26.1 Å². The van der Waals surface area contributed by atoms with Gasteiger partial charge in [-0.05, 0) is 75.2 Å². The van der Waals surface area contributed by atoms with Crippen LogP contribution < -0.4 is 15.0 Å². The van der Waals surface area contributed by atoms with Crippen LogP contribution in [0.2, 0.25) is 0 Å². The van der Waals surface area contributed by atoms with E-state index < -0.39 is 0 Å². The van der Waals surface area contributed by atoms with Crippen LogP contribution in [-0.4, -0.2) is 50.0 Å². The van der Waals surface area contributed by atoms with Gasteiger partial charge in [0.2, 0.25) is 0 Å². The third-order valence-corrected chi connectivity index (χ3v) is 7.19. The molecule has 2 amide bonds. The molecule has 0 radical (unpaired) electrons. The van der Waals surface area contributed by atoms with Gasteiger partial charge in [0.25, 0.3) is 11.8 Å². The molecule has 0 atom stereocenters. The molecule has 1 aliphatic heterocycles. The zero-order valence-corrected chi connectivity index (χ0v) is 21.5. The van der Waals surface area contributed by atoms with Gasteiger partial charge >= 0.3 is 0 Å². The Bertz CT molecular complexity index is 1410. The summed E-state index contributed by atoms with van der Waals surface area (Å²) < 4.78 is 6.00. The maximum atomic E-state index is 13.2. The quantitative estimate of drug-likeness (QED) is 0.344. The molecule has 5 rings (SSSR count). The zero-order chi connectivity index (χ0) is 25.1. The molecule has 1 N–H and O–H groups in total. The fraction of sp³-hybridized carbons (Fsp3) is 0.172. The highest BCUT2D eigenvalue weighted by molar-refractivity contribution is 9.10. The summed E-state index contributed by atoms with van der Waals surface area (Å²) in [6.45, 7) is 2.66. The van der Waals surface area contributed by atoms with Crippen LogP contribution in [0.1, 0.15) is 20.7 Å². The highest BCUT2D eigenvalue weighted by atomic mass is 79.9. The van der Waals surface area contributed by atoms with Gasteiger partial charge < -0.3 is 19.9 Å². The van der Waals surface area contributed by atoms with E-state index in [1.165, 1.54) is 0 Å². The van der Waals surface area contributed by atoms with Crippen LogP contribution in [0, 0.1) is 0 Å². The number of hydrogen-bond acceptors (Lipinski definition) is 4. The Labute approximate surface area is 218 Å².